The topological polar surface area (TPSA) is 47.5 Å². The third-order valence-corrected chi connectivity index (χ3v) is 4.68. The van der Waals surface area contributed by atoms with E-state index in [1.54, 1.807) is 0 Å². The Morgan fingerprint density at radius 1 is 1.43 bits per heavy atom. The maximum atomic E-state index is 6.23. The Morgan fingerprint density at radius 2 is 2.24 bits per heavy atom. The predicted octanol–water partition coefficient (Wildman–Crippen LogP) is 2.20. The van der Waals surface area contributed by atoms with Gasteiger partial charge in [0.05, 0.1) is 25.4 Å². The summed E-state index contributed by atoms with van der Waals surface area (Å²) in [6.45, 7) is 8.14. The van der Waals surface area contributed by atoms with Gasteiger partial charge in [0.1, 0.15) is 0 Å². The Morgan fingerprint density at radius 3 is 3.00 bits per heavy atom. The number of hydrogen-bond acceptors (Lipinski definition) is 5. The van der Waals surface area contributed by atoms with Crippen LogP contribution in [0.3, 0.4) is 0 Å². The number of nitrogens with zero attached hydrogens (tertiary/aromatic N) is 3. The average molecular weight is 291 g/mol. The Labute approximate surface area is 126 Å². The Bertz CT molecular complexity index is 465. The van der Waals surface area contributed by atoms with Gasteiger partial charge in [0.2, 0.25) is 5.95 Å². The van der Waals surface area contributed by atoms with Crippen LogP contribution in [0.4, 0.5) is 5.95 Å². The van der Waals surface area contributed by atoms with E-state index in [0.29, 0.717) is 5.92 Å². The molecule has 1 aromatic heterocycles. The Balaban J connectivity index is 1.73. The number of anilines is 1. The first-order chi connectivity index (χ1) is 10.2. The first-order valence-electron chi connectivity index (χ1n) is 7.99. The van der Waals surface area contributed by atoms with Gasteiger partial charge in [-0.2, -0.15) is 0 Å². The van der Waals surface area contributed by atoms with Crippen LogP contribution >= 0.6 is 0 Å². The second-order valence-electron chi connectivity index (χ2n) is 6.14. The van der Waals surface area contributed by atoms with Crippen LogP contribution in [0.2, 0.25) is 0 Å². The normalized spacial score (nSPS) is 29.2. The summed E-state index contributed by atoms with van der Waals surface area (Å²) < 4.78 is 11.9. The molecule has 0 radical (unpaired) electrons. The zero-order chi connectivity index (χ0) is 14.7. The number of morpholine rings is 1. The van der Waals surface area contributed by atoms with Crippen molar-refractivity contribution >= 4 is 5.95 Å². The molecule has 2 heterocycles. The van der Waals surface area contributed by atoms with Crippen LogP contribution < -0.4 is 4.90 Å². The van der Waals surface area contributed by atoms with Gasteiger partial charge in [0.15, 0.2) is 0 Å². The van der Waals surface area contributed by atoms with Gasteiger partial charge in [-0.1, -0.05) is 6.42 Å². The van der Waals surface area contributed by atoms with E-state index in [1.165, 1.54) is 12.8 Å². The summed E-state index contributed by atoms with van der Waals surface area (Å²) in [5.41, 5.74) is 1.03. The monoisotopic (exact) mass is 291 g/mol. The Kier molecular flexibility index (Phi) is 4.40. The van der Waals surface area contributed by atoms with E-state index in [-0.39, 0.29) is 5.60 Å². The molecule has 0 amide bonds. The molecular weight excluding hydrogens is 266 g/mol. The summed E-state index contributed by atoms with van der Waals surface area (Å²) in [5.74, 6) is 1.32. The second-order valence-corrected chi connectivity index (χ2v) is 6.14. The highest BCUT2D eigenvalue weighted by Gasteiger charge is 2.47. The van der Waals surface area contributed by atoms with Crippen molar-refractivity contribution in [2.45, 2.75) is 38.7 Å². The van der Waals surface area contributed by atoms with Gasteiger partial charge in [-0.15, -0.1) is 0 Å². The molecule has 116 valence electrons. The molecule has 3 rings (SSSR count). The van der Waals surface area contributed by atoms with E-state index in [0.717, 1.165) is 50.8 Å². The van der Waals surface area contributed by atoms with Crippen molar-refractivity contribution in [2.24, 2.45) is 5.92 Å². The molecule has 0 aromatic carbocycles. The second kappa shape index (κ2) is 6.28. The molecule has 1 aromatic rings. The van der Waals surface area contributed by atoms with Crippen LogP contribution in [-0.2, 0) is 9.47 Å². The summed E-state index contributed by atoms with van der Waals surface area (Å²) in [4.78, 5) is 11.2. The molecule has 2 fully saturated rings. The van der Waals surface area contributed by atoms with Crippen LogP contribution in [0.25, 0.3) is 0 Å². The molecule has 0 N–H and O–H groups in total. The standard InChI is InChI=1S/C16H25N3O2/c1-3-20-11-14-5-4-6-16(14)12-19(7-8-21-16)15-17-9-13(2)10-18-15/h9-10,14H,3-8,11-12H2,1-2H3/t14-,16-/m1/s1. The zero-order valence-corrected chi connectivity index (χ0v) is 13.0. The minimum atomic E-state index is -0.0678. The lowest BCUT2D eigenvalue weighted by molar-refractivity contribution is -0.0983. The first-order valence-corrected chi connectivity index (χ1v) is 7.99. The molecule has 0 unspecified atom stereocenters. The van der Waals surface area contributed by atoms with E-state index in [9.17, 15) is 0 Å². The van der Waals surface area contributed by atoms with Gasteiger partial charge in [0, 0.05) is 31.5 Å². The van der Waals surface area contributed by atoms with Crippen LogP contribution in [0.15, 0.2) is 12.4 Å². The summed E-state index contributed by atoms with van der Waals surface area (Å²) in [6.07, 6.45) is 7.31. The van der Waals surface area contributed by atoms with Gasteiger partial charge in [-0.3, -0.25) is 0 Å². The maximum absolute atomic E-state index is 6.23. The minimum Gasteiger partial charge on any atom is -0.381 e. The van der Waals surface area contributed by atoms with Crippen molar-refractivity contribution in [1.82, 2.24) is 9.97 Å². The number of rotatable bonds is 4. The molecule has 5 heteroatoms. The molecule has 2 aliphatic rings. The number of aryl methyl sites for hydroxylation is 1. The quantitative estimate of drug-likeness (QED) is 0.851. The van der Waals surface area contributed by atoms with E-state index in [4.69, 9.17) is 9.47 Å². The largest absolute Gasteiger partial charge is 0.381 e. The van der Waals surface area contributed by atoms with E-state index >= 15 is 0 Å². The van der Waals surface area contributed by atoms with E-state index in [2.05, 4.69) is 21.8 Å². The molecule has 1 saturated carbocycles. The molecule has 5 nitrogen and oxygen atoms in total. The summed E-state index contributed by atoms with van der Waals surface area (Å²) >= 11 is 0. The van der Waals surface area contributed by atoms with Gasteiger partial charge in [-0.25, -0.2) is 9.97 Å². The fraction of sp³-hybridized carbons (Fsp3) is 0.750. The summed E-state index contributed by atoms with van der Waals surface area (Å²) in [6, 6.07) is 0. The van der Waals surface area contributed by atoms with E-state index in [1.807, 2.05) is 19.3 Å². The molecular formula is C16H25N3O2. The van der Waals surface area contributed by atoms with Gasteiger partial charge in [0.25, 0.3) is 0 Å². The van der Waals surface area contributed by atoms with Crippen LogP contribution in [0.5, 0.6) is 0 Å². The van der Waals surface area contributed by atoms with Crippen LogP contribution in [0, 0.1) is 12.8 Å². The van der Waals surface area contributed by atoms with Crippen molar-refractivity contribution < 1.29 is 9.47 Å². The van der Waals surface area contributed by atoms with Gasteiger partial charge < -0.3 is 14.4 Å². The first kappa shape index (κ1) is 14.7. The van der Waals surface area contributed by atoms with Crippen molar-refractivity contribution in [1.29, 1.82) is 0 Å². The third kappa shape index (κ3) is 3.04. The van der Waals surface area contributed by atoms with Crippen molar-refractivity contribution in [3.63, 3.8) is 0 Å². The lowest BCUT2D eigenvalue weighted by Crippen LogP contribution is -2.55. The maximum Gasteiger partial charge on any atom is 0.225 e. The lowest BCUT2D eigenvalue weighted by Gasteiger charge is -2.44. The Hall–Kier alpha value is -1.20. The van der Waals surface area contributed by atoms with Gasteiger partial charge >= 0.3 is 0 Å². The third-order valence-electron chi connectivity index (χ3n) is 4.68. The zero-order valence-electron chi connectivity index (χ0n) is 13.0. The van der Waals surface area contributed by atoms with Crippen LogP contribution in [0.1, 0.15) is 31.7 Å². The number of hydrogen-bond donors (Lipinski definition) is 0. The molecule has 2 atom stereocenters. The smallest absolute Gasteiger partial charge is 0.225 e. The van der Waals surface area contributed by atoms with Gasteiger partial charge in [-0.05, 0) is 32.3 Å². The summed E-state index contributed by atoms with van der Waals surface area (Å²) in [5, 5.41) is 0. The highest BCUT2D eigenvalue weighted by molar-refractivity contribution is 5.32. The molecule has 1 spiro atoms. The van der Waals surface area contributed by atoms with Crippen LogP contribution in [-0.4, -0.2) is 48.5 Å². The minimum absolute atomic E-state index is 0.0678. The van der Waals surface area contributed by atoms with Crippen molar-refractivity contribution in [2.75, 3.05) is 37.8 Å². The number of ether oxygens (including phenoxy) is 2. The number of aromatic nitrogens is 2. The summed E-state index contributed by atoms with van der Waals surface area (Å²) in [7, 11) is 0. The highest BCUT2D eigenvalue weighted by atomic mass is 16.5. The SMILES string of the molecule is CCOC[C@H]1CCC[C@@]12CN(c1ncc(C)cn1)CCO2. The average Bonchev–Trinajstić information content (AvgIpc) is 2.88. The fourth-order valence-corrected chi connectivity index (χ4v) is 3.54. The predicted molar refractivity (Wildman–Crippen MR) is 81.5 cm³/mol. The molecule has 1 aliphatic carbocycles. The van der Waals surface area contributed by atoms with Crippen molar-refractivity contribution in [3.05, 3.63) is 18.0 Å². The highest BCUT2D eigenvalue weighted by Crippen LogP contribution is 2.41. The lowest BCUT2D eigenvalue weighted by atomic mass is 9.89. The van der Waals surface area contributed by atoms with Crippen molar-refractivity contribution in [3.8, 4) is 0 Å². The molecule has 21 heavy (non-hydrogen) atoms. The fourth-order valence-electron chi connectivity index (χ4n) is 3.54. The molecule has 1 saturated heterocycles. The molecule has 1 aliphatic heterocycles. The molecule has 0 bridgehead atoms. The van der Waals surface area contributed by atoms with E-state index < -0.39 is 0 Å².